The largest absolute Gasteiger partial charge is 0.493 e. The number of halogens is 1. The summed E-state index contributed by atoms with van der Waals surface area (Å²) in [6.07, 6.45) is 1.48. The van der Waals surface area contributed by atoms with Gasteiger partial charge in [-0.1, -0.05) is 15.9 Å². The third kappa shape index (κ3) is 6.26. The number of hydrogen-bond acceptors (Lipinski definition) is 8. The molecule has 0 spiro atoms. The predicted octanol–water partition coefficient (Wildman–Crippen LogP) is 1.93. The normalized spacial score (nSPS) is 15.3. The van der Waals surface area contributed by atoms with Crippen LogP contribution in [-0.2, 0) is 14.8 Å². The van der Waals surface area contributed by atoms with Crippen molar-refractivity contribution in [2.45, 2.75) is 4.90 Å². The summed E-state index contributed by atoms with van der Waals surface area (Å²) in [5.41, 5.74) is 3.15. The third-order valence-electron chi connectivity index (χ3n) is 5.24. The molecule has 2 aromatic rings. The number of carbonyl (C=O) groups is 1. The van der Waals surface area contributed by atoms with Crippen molar-refractivity contribution < 1.29 is 27.4 Å². The molecule has 1 fully saturated rings. The Labute approximate surface area is 207 Å². The molecule has 1 amide bonds. The number of carbonyl (C=O) groups excluding carboxylic acids is 1. The van der Waals surface area contributed by atoms with Crippen molar-refractivity contribution in [1.82, 2.24) is 14.6 Å². The van der Waals surface area contributed by atoms with E-state index < -0.39 is 10.0 Å². The molecule has 1 saturated heterocycles. The standard InChI is InChI=1S/C22H27BrN4O6S/c1-31-19-12-16(13-20(32-2)22(19)33-3)14-24-25-21(28)15-26-8-10-27(11-9-26)34(29,30)18-6-4-17(23)5-7-18/h4-7,12-14H,8-11,15H2,1-3H3,(H,25,28)/b24-14-. The Kier molecular flexibility index (Phi) is 8.89. The molecule has 10 nitrogen and oxygen atoms in total. The van der Waals surface area contributed by atoms with E-state index in [1.807, 2.05) is 4.90 Å². The Hall–Kier alpha value is -2.67. The van der Waals surface area contributed by atoms with Gasteiger partial charge in [0, 0.05) is 36.2 Å². The van der Waals surface area contributed by atoms with Crippen LogP contribution in [0.2, 0.25) is 0 Å². The van der Waals surface area contributed by atoms with Gasteiger partial charge in [-0.25, -0.2) is 13.8 Å². The molecule has 3 rings (SSSR count). The Morgan fingerprint density at radius 3 is 2.15 bits per heavy atom. The zero-order valence-corrected chi connectivity index (χ0v) is 21.6. The fourth-order valence-corrected chi connectivity index (χ4v) is 5.16. The van der Waals surface area contributed by atoms with Gasteiger partial charge in [0.2, 0.25) is 15.8 Å². The van der Waals surface area contributed by atoms with E-state index in [-0.39, 0.29) is 17.3 Å². The highest BCUT2D eigenvalue weighted by molar-refractivity contribution is 9.10. The molecule has 12 heteroatoms. The highest BCUT2D eigenvalue weighted by Crippen LogP contribution is 2.37. The monoisotopic (exact) mass is 554 g/mol. The van der Waals surface area contributed by atoms with Gasteiger partial charge in [-0.3, -0.25) is 9.69 Å². The average Bonchev–Trinajstić information content (AvgIpc) is 2.84. The Bertz CT molecular complexity index is 1110. The maximum atomic E-state index is 12.8. The number of methoxy groups -OCH3 is 3. The molecule has 34 heavy (non-hydrogen) atoms. The summed E-state index contributed by atoms with van der Waals surface area (Å²) in [6.45, 7) is 1.61. The molecule has 1 heterocycles. The minimum Gasteiger partial charge on any atom is -0.493 e. The van der Waals surface area contributed by atoms with Crippen LogP contribution in [0.15, 0.2) is 50.9 Å². The van der Waals surface area contributed by atoms with Crippen molar-refractivity contribution in [2.24, 2.45) is 5.10 Å². The zero-order valence-electron chi connectivity index (χ0n) is 19.2. The van der Waals surface area contributed by atoms with Crippen LogP contribution < -0.4 is 19.6 Å². The van der Waals surface area contributed by atoms with Gasteiger partial charge in [0.1, 0.15) is 0 Å². The second kappa shape index (κ2) is 11.6. The Balaban J connectivity index is 1.52. The second-order valence-corrected chi connectivity index (χ2v) is 10.2. The number of hydrogen-bond donors (Lipinski definition) is 1. The average molecular weight is 555 g/mol. The van der Waals surface area contributed by atoms with Crippen LogP contribution >= 0.6 is 15.9 Å². The number of hydrazone groups is 1. The summed E-state index contributed by atoms with van der Waals surface area (Å²) in [6, 6.07) is 9.97. The van der Waals surface area contributed by atoms with E-state index in [2.05, 4.69) is 26.5 Å². The summed E-state index contributed by atoms with van der Waals surface area (Å²) in [7, 11) is 0.994. The molecule has 2 aromatic carbocycles. The van der Waals surface area contributed by atoms with Crippen molar-refractivity contribution in [3.05, 3.63) is 46.4 Å². The first kappa shape index (κ1) is 25.9. The van der Waals surface area contributed by atoms with Crippen LogP contribution in [0.1, 0.15) is 5.56 Å². The van der Waals surface area contributed by atoms with E-state index in [1.165, 1.54) is 31.8 Å². The fraction of sp³-hybridized carbons (Fsp3) is 0.364. The van der Waals surface area contributed by atoms with Crippen LogP contribution in [0.5, 0.6) is 17.2 Å². The third-order valence-corrected chi connectivity index (χ3v) is 7.68. The maximum Gasteiger partial charge on any atom is 0.254 e. The van der Waals surface area contributed by atoms with Crippen LogP contribution in [-0.4, -0.2) is 83.8 Å². The molecule has 1 aliphatic heterocycles. The highest BCUT2D eigenvalue weighted by Gasteiger charge is 2.29. The smallest absolute Gasteiger partial charge is 0.254 e. The summed E-state index contributed by atoms with van der Waals surface area (Å²) in [5.74, 6) is 1.12. The molecule has 0 unspecified atom stereocenters. The van der Waals surface area contributed by atoms with Crippen LogP contribution in [0.25, 0.3) is 0 Å². The zero-order chi connectivity index (χ0) is 24.7. The van der Waals surface area contributed by atoms with Crippen molar-refractivity contribution in [2.75, 3.05) is 54.1 Å². The van der Waals surface area contributed by atoms with E-state index in [0.29, 0.717) is 49.0 Å². The van der Waals surface area contributed by atoms with Gasteiger partial charge >= 0.3 is 0 Å². The van der Waals surface area contributed by atoms with Gasteiger partial charge in [-0.15, -0.1) is 0 Å². The molecule has 0 aliphatic carbocycles. The predicted molar refractivity (Wildman–Crippen MR) is 131 cm³/mol. The summed E-state index contributed by atoms with van der Waals surface area (Å²) in [4.78, 5) is 14.4. The lowest BCUT2D eigenvalue weighted by Gasteiger charge is -2.33. The van der Waals surface area contributed by atoms with E-state index in [1.54, 1.807) is 36.4 Å². The quantitative estimate of drug-likeness (QED) is 0.372. The van der Waals surface area contributed by atoms with Gasteiger partial charge in [0.15, 0.2) is 11.5 Å². The molecule has 0 saturated carbocycles. The lowest BCUT2D eigenvalue weighted by molar-refractivity contribution is -0.122. The molecular weight excluding hydrogens is 528 g/mol. The van der Waals surface area contributed by atoms with Gasteiger partial charge in [0.05, 0.1) is 39.0 Å². The molecule has 1 aliphatic rings. The topological polar surface area (TPSA) is 110 Å². The molecule has 0 bridgehead atoms. The van der Waals surface area contributed by atoms with Crippen LogP contribution in [0.4, 0.5) is 0 Å². The Morgan fingerprint density at radius 1 is 1.03 bits per heavy atom. The minimum absolute atomic E-state index is 0.110. The summed E-state index contributed by atoms with van der Waals surface area (Å²) < 4.78 is 43.8. The number of benzene rings is 2. The van der Waals surface area contributed by atoms with E-state index >= 15 is 0 Å². The van der Waals surface area contributed by atoms with Crippen molar-refractivity contribution >= 4 is 38.1 Å². The number of ether oxygens (including phenoxy) is 3. The molecule has 0 radical (unpaired) electrons. The van der Waals surface area contributed by atoms with Crippen molar-refractivity contribution in [1.29, 1.82) is 0 Å². The first-order chi connectivity index (χ1) is 16.3. The summed E-state index contributed by atoms with van der Waals surface area (Å²) in [5, 5.41) is 4.00. The Morgan fingerprint density at radius 2 is 1.62 bits per heavy atom. The number of nitrogens with one attached hydrogen (secondary N) is 1. The van der Waals surface area contributed by atoms with E-state index in [9.17, 15) is 13.2 Å². The van der Waals surface area contributed by atoms with E-state index in [4.69, 9.17) is 14.2 Å². The highest BCUT2D eigenvalue weighted by atomic mass is 79.9. The summed E-state index contributed by atoms with van der Waals surface area (Å²) >= 11 is 3.31. The van der Waals surface area contributed by atoms with Gasteiger partial charge < -0.3 is 14.2 Å². The lowest BCUT2D eigenvalue weighted by Crippen LogP contribution is -2.50. The fourth-order valence-electron chi connectivity index (χ4n) is 3.48. The SMILES string of the molecule is COc1cc(/C=N\NC(=O)CN2CCN(S(=O)(=O)c3ccc(Br)cc3)CC2)cc(OC)c1OC. The van der Waals surface area contributed by atoms with Gasteiger partial charge in [-0.05, 0) is 36.4 Å². The van der Waals surface area contributed by atoms with Crippen molar-refractivity contribution in [3.8, 4) is 17.2 Å². The molecule has 0 atom stereocenters. The number of rotatable bonds is 9. The van der Waals surface area contributed by atoms with Crippen molar-refractivity contribution in [3.63, 3.8) is 0 Å². The van der Waals surface area contributed by atoms with Gasteiger partial charge in [0.25, 0.3) is 5.91 Å². The maximum absolute atomic E-state index is 12.8. The number of nitrogens with zero attached hydrogens (tertiary/aromatic N) is 3. The first-order valence-electron chi connectivity index (χ1n) is 10.4. The first-order valence-corrected chi connectivity index (χ1v) is 12.6. The number of sulfonamides is 1. The second-order valence-electron chi connectivity index (χ2n) is 7.39. The molecule has 0 aromatic heterocycles. The minimum atomic E-state index is -3.56. The van der Waals surface area contributed by atoms with E-state index in [0.717, 1.165) is 4.47 Å². The number of piperazine rings is 1. The molecule has 1 N–H and O–H groups in total. The van der Waals surface area contributed by atoms with Crippen LogP contribution in [0, 0.1) is 0 Å². The van der Waals surface area contributed by atoms with Crippen LogP contribution in [0.3, 0.4) is 0 Å². The molecule has 184 valence electrons. The van der Waals surface area contributed by atoms with Gasteiger partial charge in [-0.2, -0.15) is 9.41 Å². The lowest BCUT2D eigenvalue weighted by atomic mass is 10.2. The number of amides is 1. The molecular formula is C22H27BrN4O6S.